The van der Waals surface area contributed by atoms with Gasteiger partial charge >= 0.3 is 5.97 Å². The number of benzene rings is 2. The fourth-order valence-electron chi connectivity index (χ4n) is 1.65. The molecule has 2 aromatic rings. The van der Waals surface area contributed by atoms with E-state index in [1.165, 1.54) is 24.3 Å². The number of carboxylic acids is 1. The van der Waals surface area contributed by atoms with Crippen molar-refractivity contribution in [1.29, 1.82) is 0 Å². The molecule has 0 saturated carbocycles. The quantitative estimate of drug-likeness (QED) is 0.849. The van der Waals surface area contributed by atoms with Gasteiger partial charge in [0.15, 0.2) is 0 Å². The Hall–Kier alpha value is -2.27. The number of hydrogen-bond acceptors (Lipinski definition) is 3. The third-order valence-corrected chi connectivity index (χ3v) is 2.97. The third kappa shape index (κ3) is 3.00. The lowest BCUT2D eigenvalue weighted by atomic mass is 10.2. The molecule has 0 fully saturated rings. The smallest absolute Gasteiger partial charge is 0.337 e. The second-order valence-electron chi connectivity index (χ2n) is 4.06. The lowest BCUT2D eigenvalue weighted by Crippen LogP contribution is -2.04. The van der Waals surface area contributed by atoms with E-state index in [2.05, 4.69) is 0 Å². The molecule has 0 heterocycles. The summed E-state index contributed by atoms with van der Waals surface area (Å²) in [4.78, 5) is 10.8. The van der Waals surface area contributed by atoms with Crippen LogP contribution in [0.4, 0.5) is 10.1 Å². The summed E-state index contributed by atoms with van der Waals surface area (Å²) < 4.78 is 19.0. The summed E-state index contributed by atoms with van der Waals surface area (Å²) in [5.41, 5.74) is 5.97. The summed E-state index contributed by atoms with van der Waals surface area (Å²) in [7, 11) is 0. The van der Waals surface area contributed by atoms with Crippen LogP contribution in [0.1, 0.15) is 15.9 Å². The van der Waals surface area contributed by atoms with Crippen LogP contribution in [0.3, 0.4) is 0 Å². The first-order chi connectivity index (χ1) is 9.49. The van der Waals surface area contributed by atoms with E-state index in [0.29, 0.717) is 11.3 Å². The molecule has 104 valence electrons. The average Bonchev–Trinajstić information content (AvgIpc) is 2.40. The number of ether oxygens (including phenoxy) is 1. The minimum atomic E-state index is -1.12. The second-order valence-corrected chi connectivity index (χ2v) is 4.46. The largest absolute Gasteiger partial charge is 0.489 e. The maximum Gasteiger partial charge on any atom is 0.337 e. The molecule has 0 aromatic heterocycles. The number of aromatic carboxylic acids is 1. The summed E-state index contributed by atoms with van der Waals surface area (Å²) >= 11 is 5.66. The summed E-state index contributed by atoms with van der Waals surface area (Å²) in [6.07, 6.45) is 0. The first-order valence-corrected chi connectivity index (χ1v) is 6.05. The van der Waals surface area contributed by atoms with Crippen molar-refractivity contribution in [3.05, 3.63) is 58.4 Å². The van der Waals surface area contributed by atoms with Crippen LogP contribution < -0.4 is 10.5 Å². The zero-order valence-electron chi connectivity index (χ0n) is 10.3. The van der Waals surface area contributed by atoms with Gasteiger partial charge in [0.1, 0.15) is 18.2 Å². The molecule has 0 unspecified atom stereocenters. The third-order valence-electron chi connectivity index (χ3n) is 2.68. The minimum absolute atomic E-state index is 0.00807. The van der Waals surface area contributed by atoms with Gasteiger partial charge in [0.2, 0.25) is 0 Å². The van der Waals surface area contributed by atoms with E-state index in [1.54, 1.807) is 12.1 Å². The van der Waals surface area contributed by atoms with Gasteiger partial charge in [-0.05, 0) is 18.2 Å². The minimum Gasteiger partial charge on any atom is -0.489 e. The highest BCUT2D eigenvalue weighted by Crippen LogP contribution is 2.23. The summed E-state index contributed by atoms with van der Waals surface area (Å²) in [5, 5.41) is 8.87. The number of carbonyl (C=O) groups is 1. The Labute approximate surface area is 119 Å². The molecule has 0 aliphatic heterocycles. The molecule has 0 aliphatic rings. The lowest BCUT2D eigenvalue weighted by Gasteiger charge is -2.09. The van der Waals surface area contributed by atoms with Crippen LogP contribution in [-0.2, 0) is 6.61 Å². The van der Waals surface area contributed by atoms with Gasteiger partial charge in [-0.3, -0.25) is 0 Å². The maximum absolute atomic E-state index is 13.6. The maximum atomic E-state index is 13.6. The van der Waals surface area contributed by atoms with Crippen LogP contribution in [0.2, 0.25) is 5.02 Å². The molecule has 0 amide bonds. The molecular weight excluding hydrogens is 285 g/mol. The van der Waals surface area contributed by atoms with Crippen molar-refractivity contribution < 1.29 is 19.0 Å². The fourth-order valence-corrected chi connectivity index (χ4v) is 1.84. The number of anilines is 1. The molecule has 6 heteroatoms. The van der Waals surface area contributed by atoms with Gasteiger partial charge in [0.25, 0.3) is 0 Å². The van der Waals surface area contributed by atoms with E-state index in [9.17, 15) is 9.18 Å². The average molecular weight is 296 g/mol. The van der Waals surface area contributed by atoms with E-state index < -0.39 is 11.8 Å². The van der Waals surface area contributed by atoms with Crippen molar-refractivity contribution in [2.24, 2.45) is 0 Å². The van der Waals surface area contributed by atoms with Crippen LogP contribution in [0.25, 0.3) is 0 Å². The van der Waals surface area contributed by atoms with Gasteiger partial charge in [-0.25, -0.2) is 9.18 Å². The Balaban J connectivity index is 2.13. The second kappa shape index (κ2) is 5.79. The molecule has 0 bridgehead atoms. The Kier molecular flexibility index (Phi) is 4.10. The number of nitrogen functional groups attached to an aromatic ring is 1. The summed E-state index contributed by atoms with van der Waals surface area (Å²) in [6.45, 7) is -0.0295. The van der Waals surface area contributed by atoms with Crippen molar-refractivity contribution >= 4 is 23.3 Å². The first kappa shape index (κ1) is 14.1. The SMILES string of the molecule is Nc1cc(OCc2cccc(Cl)c2F)ccc1C(=O)O. The van der Waals surface area contributed by atoms with Crippen LogP contribution in [0.15, 0.2) is 36.4 Å². The van der Waals surface area contributed by atoms with Crippen molar-refractivity contribution in [2.75, 3.05) is 5.73 Å². The fraction of sp³-hybridized carbons (Fsp3) is 0.0714. The molecule has 0 atom stereocenters. The van der Waals surface area contributed by atoms with Crippen molar-refractivity contribution in [1.82, 2.24) is 0 Å². The van der Waals surface area contributed by atoms with E-state index in [-0.39, 0.29) is 22.9 Å². The van der Waals surface area contributed by atoms with Crippen LogP contribution in [-0.4, -0.2) is 11.1 Å². The molecule has 0 saturated heterocycles. The van der Waals surface area contributed by atoms with Gasteiger partial charge in [0, 0.05) is 17.3 Å². The molecule has 2 rings (SSSR count). The molecule has 0 radical (unpaired) electrons. The Morgan fingerprint density at radius 2 is 2.10 bits per heavy atom. The van der Waals surface area contributed by atoms with E-state index in [4.69, 9.17) is 27.2 Å². The molecule has 20 heavy (non-hydrogen) atoms. The molecule has 2 aromatic carbocycles. The number of carboxylic acid groups (broad SMARTS) is 1. The number of nitrogens with two attached hydrogens (primary N) is 1. The molecular formula is C14H11ClFNO3. The highest BCUT2D eigenvalue weighted by molar-refractivity contribution is 6.30. The topological polar surface area (TPSA) is 72.5 Å². The van der Waals surface area contributed by atoms with Crippen LogP contribution >= 0.6 is 11.6 Å². The standard InChI is InChI=1S/C14H11ClFNO3/c15-11-3-1-2-8(13(11)16)7-20-9-4-5-10(14(18)19)12(17)6-9/h1-6H,7,17H2,(H,18,19). The van der Waals surface area contributed by atoms with Gasteiger partial charge in [0.05, 0.1) is 10.6 Å². The van der Waals surface area contributed by atoms with Gasteiger partial charge in [-0.15, -0.1) is 0 Å². The van der Waals surface area contributed by atoms with Crippen molar-refractivity contribution in [3.63, 3.8) is 0 Å². The predicted molar refractivity (Wildman–Crippen MR) is 73.6 cm³/mol. The van der Waals surface area contributed by atoms with E-state index in [0.717, 1.165) is 0 Å². The van der Waals surface area contributed by atoms with Crippen molar-refractivity contribution in [2.45, 2.75) is 6.61 Å². The van der Waals surface area contributed by atoms with E-state index >= 15 is 0 Å². The highest BCUT2D eigenvalue weighted by Gasteiger charge is 2.10. The normalized spacial score (nSPS) is 10.3. The highest BCUT2D eigenvalue weighted by atomic mass is 35.5. The van der Waals surface area contributed by atoms with Crippen molar-refractivity contribution in [3.8, 4) is 5.75 Å². The van der Waals surface area contributed by atoms with Gasteiger partial charge in [-0.2, -0.15) is 0 Å². The van der Waals surface area contributed by atoms with E-state index in [1.807, 2.05) is 0 Å². The molecule has 4 nitrogen and oxygen atoms in total. The zero-order chi connectivity index (χ0) is 14.7. The molecule has 3 N–H and O–H groups in total. The number of hydrogen-bond donors (Lipinski definition) is 2. The van der Waals surface area contributed by atoms with Crippen LogP contribution in [0.5, 0.6) is 5.75 Å². The summed E-state index contributed by atoms with van der Waals surface area (Å²) in [5.74, 6) is -1.30. The molecule has 0 spiro atoms. The first-order valence-electron chi connectivity index (χ1n) is 5.67. The lowest BCUT2D eigenvalue weighted by molar-refractivity contribution is 0.0698. The van der Waals surface area contributed by atoms with Gasteiger partial charge < -0.3 is 15.6 Å². The molecule has 0 aliphatic carbocycles. The number of halogens is 2. The monoisotopic (exact) mass is 295 g/mol. The number of rotatable bonds is 4. The van der Waals surface area contributed by atoms with Crippen LogP contribution in [0, 0.1) is 5.82 Å². The Morgan fingerprint density at radius 3 is 2.75 bits per heavy atom. The Morgan fingerprint density at radius 1 is 1.35 bits per heavy atom. The predicted octanol–water partition coefficient (Wildman–Crippen LogP) is 3.34. The zero-order valence-corrected chi connectivity index (χ0v) is 11.0. The Bertz CT molecular complexity index is 661. The summed E-state index contributed by atoms with van der Waals surface area (Å²) in [6, 6.07) is 8.79. The van der Waals surface area contributed by atoms with Gasteiger partial charge in [-0.1, -0.05) is 23.7 Å².